The van der Waals surface area contributed by atoms with Crippen LogP contribution in [0.1, 0.15) is 12.5 Å². The van der Waals surface area contributed by atoms with Crippen LogP contribution in [0.5, 0.6) is 0 Å². The van der Waals surface area contributed by atoms with E-state index < -0.39 is 16.9 Å². The smallest absolute Gasteiger partial charge is 0.325 e. The first-order chi connectivity index (χ1) is 7.84. The maximum atomic E-state index is 10.7. The molecule has 0 aliphatic heterocycles. The minimum absolute atomic E-state index is 0.120. The molecule has 92 valence electrons. The van der Waals surface area contributed by atoms with Gasteiger partial charge in [-0.3, -0.25) is 14.9 Å². The Morgan fingerprint density at radius 1 is 1.71 bits per heavy atom. The Morgan fingerprint density at radius 3 is 2.76 bits per heavy atom. The Bertz CT molecular complexity index is 478. The normalized spacial score (nSPS) is 11.9. The summed E-state index contributed by atoms with van der Waals surface area (Å²) in [5, 5.41) is 22.0. The molecule has 0 saturated carbocycles. The highest BCUT2D eigenvalue weighted by Crippen LogP contribution is 2.30. The summed E-state index contributed by atoms with van der Waals surface area (Å²) in [4.78, 5) is 24.6. The number of anilines is 1. The van der Waals surface area contributed by atoms with Crippen molar-refractivity contribution in [2.24, 2.45) is 0 Å². The minimum Gasteiger partial charge on any atom is -0.480 e. The first kappa shape index (κ1) is 13.4. The van der Waals surface area contributed by atoms with Crippen LogP contribution in [0, 0.1) is 17.0 Å². The summed E-state index contributed by atoms with van der Waals surface area (Å²) in [5.41, 5.74) is 0.274. The van der Waals surface area contributed by atoms with Gasteiger partial charge in [0.05, 0.1) is 9.40 Å². The Morgan fingerprint density at radius 2 is 2.29 bits per heavy atom. The van der Waals surface area contributed by atoms with Crippen molar-refractivity contribution in [3.63, 3.8) is 0 Å². The highest BCUT2D eigenvalue weighted by Gasteiger charge is 2.19. The van der Waals surface area contributed by atoms with E-state index in [0.717, 1.165) is 6.20 Å². The lowest BCUT2D eigenvalue weighted by molar-refractivity contribution is -0.385. The molecule has 1 heterocycles. The molecule has 8 heteroatoms. The molecule has 0 saturated heterocycles. The van der Waals surface area contributed by atoms with Crippen molar-refractivity contribution >= 4 is 33.4 Å². The number of carbonyl (C=O) groups is 1. The number of aromatic nitrogens is 1. The number of carboxylic acids is 1. The Labute approximate surface area is 105 Å². The monoisotopic (exact) mass is 303 g/mol. The van der Waals surface area contributed by atoms with Crippen molar-refractivity contribution in [1.82, 2.24) is 4.98 Å². The highest BCUT2D eigenvalue weighted by molar-refractivity contribution is 9.10. The van der Waals surface area contributed by atoms with Gasteiger partial charge in [-0.2, -0.15) is 0 Å². The van der Waals surface area contributed by atoms with E-state index in [1.807, 2.05) is 0 Å². The van der Waals surface area contributed by atoms with Crippen molar-refractivity contribution in [2.75, 3.05) is 5.32 Å². The number of pyridine rings is 1. The summed E-state index contributed by atoms with van der Waals surface area (Å²) in [7, 11) is 0. The summed E-state index contributed by atoms with van der Waals surface area (Å²) in [6, 6.07) is -0.834. The molecule has 0 radical (unpaired) electrons. The second kappa shape index (κ2) is 5.09. The Balaban J connectivity index is 3.09. The lowest BCUT2D eigenvalue weighted by Crippen LogP contribution is -2.26. The molecular weight excluding hydrogens is 294 g/mol. The molecule has 0 amide bonds. The summed E-state index contributed by atoms with van der Waals surface area (Å²) in [5.74, 6) is -0.766. The van der Waals surface area contributed by atoms with Crippen molar-refractivity contribution < 1.29 is 14.8 Å². The van der Waals surface area contributed by atoms with Gasteiger partial charge in [0, 0.05) is 5.56 Å². The molecule has 1 rings (SSSR count). The standard InChI is InChI=1S/C9H10BrN3O4/c1-4-6(13(16)17)3-11-8(7(4)10)12-5(2)9(14)15/h3,5H,1-2H3,(H,11,12)(H,14,15). The first-order valence-electron chi connectivity index (χ1n) is 4.63. The van der Waals surface area contributed by atoms with Gasteiger partial charge in [0.2, 0.25) is 0 Å². The molecule has 0 aliphatic carbocycles. The van der Waals surface area contributed by atoms with Crippen LogP contribution in [0.2, 0.25) is 0 Å². The van der Waals surface area contributed by atoms with Gasteiger partial charge in [-0.05, 0) is 29.8 Å². The van der Waals surface area contributed by atoms with Crippen molar-refractivity contribution in [3.8, 4) is 0 Å². The van der Waals surface area contributed by atoms with Crippen LogP contribution in [0.15, 0.2) is 10.7 Å². The average Bonchev–Trinajstić information content (AvgIpc) is 2.24. The van der Waals surface area contributed by atoms with Gasteiger partial charge in [-0.1, -0.05) is 0 Å². The van der Waals surface area contributed by atoms with Crippen LogP contribution in [0.25, 0.3) is 0 Å². The number of nitro groups is 1. The van der Waals surface area contributed by atoms with Gasteiger partial charge in [-0.15, -0.1) is 0 Å². The molecule has 1 unspecified atom stereocenters. The molecule has 0 spiro atoms. The van der Waals surface area contributed by atoms with Crippen LogP contribution in [-0.4, -0.2) is 27.0 Å². The van der Waals surface area contributed by atoms with Gasteiger partial charge in [-0.25, -0.2) is 4.98 Å². The number of hydrogen-bond acceptors (Lipinski definition) is 5. The number of hydrogen-bond donors (Lipinski definition) is 2. The molecule has 7 nitrogen and oxygen atoms in total. The van der Waals surface area contributed by atoms with E-state index in [9.17, 15) is 14.9 Å². The summed E-state index contributed by atoms with van der Waals surface area (Å²) >= 11 is 3.15. The Kier molecular flexibility index (Phi) is 4.00. The number of rotatable bonds is 4. The number of nitrogens with one attached hydrogen (secondary N) is 1. The quantitative estimate of drug-likeness (QED) is 0.650. The topological polar surface area (TPSA) is 105 Å². The second-order valence-electron chi connectivity index (χ2n) is 3.39. The van der Waals surface area contributed by atoms with Crippen LogP contribution in [0.4, 0.5) is 11.5 Å². The molecule has 0 fully saturated rings. The largest absolute Gasteiger partial charge is 0.480 e. The number of halogens is 1. The van der Waals surface area contributed by atoms with Crippen LogP contribution in [0.3, 0.4) is 0 Å². The van der Waals surface area contributed by atoms with E-state index in [1.165, 1.54) is 6.92 Å². The maximum absolute atomic E-state index is 10.7. The average molecular weight is 304 g/mol. The van der Waals surface area contributed by atoms with Crippen LogP contribution in [-0.2, 0) is 4.79 Å². The SMILES string of the molecule is Cc1c([N+](=O)[O-])cnc(NC(C)C(=O)O)c1Br. The van der Waals surface area contributed by atoms with Gasteiger partial charge in [0.15, 0.2) is 0 Å². The summed E-state index contributed by atoms with van der Waals surface area (Å²) < 4.78 is 0.389. The third-order valence-electron chi connectivity index (χ3n) is 2.16. The maximum Gasteiger partial charge on any atom is 0.325 e. The number of aliphatic carboxylic acids is 1. The fourth-order valence-electron chi connectivity index (χ4n) is 1.12. The van der Waals surface area contributed by atoms with Gasteiger partial charge in [0.1, 0.15) is 18.1 Å². The zero-order valence-corrected chi connectivity index (χ0v) is 10.7. The zero-order chi connectivity index (χ0) is 13.2. The lowest BCUT2D eigenvalue weighted by Gasteiger charge is -2.12. The van der Waals surface area contributed by atoms with Crippen molar-refractivity contribution in [2.45, 2.75) is 19.9 Å². The number of carboxylic acid groups (broad SMARTS) is 1. The third-order valence-corrected chi connectivity index (χ3v) is 3.13. The molecule has 0 aliphatic rings. The molecule has 0 aromatic carbocycles. The molecular formula is C9H10BrN3O4. The molecule has 1 aromatic rings. The van der Waals surface area contributed by atoms with Crippen LogP contribution >= 0.6 is 15.9 Å². The Hall–Kier alpha value is -1.70. The predicted molar refractivity (Wildman–Crippen MR) is 64.0 cm³/mol. The molecule has 17 heavy (non-hydrogen) atoms. The molecule has 1 aromatic heterocycles. The van der Waals surface area contributed by atoms with E-state index >= 15 is 0 Å². The van der Waals surface area contributed by atoms with E-state index in [1.54, 1.807) is 6.92 Å². The predicted octanol–water partition coefficient (Wildman–Crippen LogP) is 1.95. The summed E-state index contributed by atoms with van der Waals surface area (Å²) in [6.07, 6.45) is 1.09. The van der Waals surface area contributed by atoms with Crippen molar-refractivity contribution in [3.05, 3.63) is 26.3 Å². The summed E-state index contributed by atoms with van der Waals surface area (Å²) in [6.45, 7) is 3.01. The molecule has 0 bridgehead atoms. The van der Waals surface area contributed by atoms with Gasteiger partial charge < -0.3 is 10.4 Å². The first-order valence-corrected chi connectivity index (χ1v) is 5.42. The van der Waals surface area contributed by atoms with Gasteiger partial charge >= 0.3 is 5.97 Å². The van der Waals surface area contributed by atoms with E-state index in [-0.39, 0.29) is 11.5 Å². The third kappa shape index (κ3) is 2.90. The minimum atomic E-state index is -1.03. The molecule has 2 N–H and O–H groups in total. The molecule has 1 atom stereocenters. The van der Waals surface area contributed by atoms with Gasteiger partial charge in [0.25, 0.3) is 5.69 Å². The fourth-order valence-corrected chi connectivity index (χ4v) is 1.54. The van der Waals surface area contributed by atoms with E-state index in [2.05, 4.69) is 26.2 Å². The second-order valence-corrected chi connectivity index (χ2v) is 4.19. The van der Waals surface area contributed by atoms with E-state index in [4.69, 9.17) is 5.11 Å². The number of nitrogens with zero attached hydrogens (tertiary/aromatic N) is 2. The van der Waals surface area contributed by atoms with E-state index in [0.29, 0.717) is 10.0 Å². The van der Waals surface area contributed by atoms with Crippen LogP contribution < -0.4 is 5.32 Å². The zero-order valence-electron chi connectivity index (χ0n) is 9.10. The lowest BCUT2D eigenvalue weighted by atomic mass is 10.2. The van der Waals surface area contributed by atoms with Crippen molar-refractivity contribution in [1.29, 1.82) is 0 Å². The fraction of sp³-hybridized carbons (Fsp3) is 0.333. The highest BCUT2D eigenvalue weighted by atomic mass is 79.9.